The summed E-state index contributed by atoms with van der Waals surface area (Å²) in [4.78, 5) is 3.51. The van der Waals surface area contributed by atoms with Gasteiger partial charge >= 0.3 is 6.18 Å². The Balaban J connectivity index is 2.72. The predicted molar refractivity (Wildman–Crippen MR) is 68.6 cm³/mol. The molecular weight excluding hydrogens is 261 g/mol. The molecule has 0 saturated carbocycles. The van der Waals surface area contributed by atoms with Crippen LogP contribution in [0.5, 0.6) is 0 Å². The molecule has 18 heavy (non-hydrogen) atoms. The van der Waals surface area contributed by atoms with E-state index in [2.05, 4.69) is 0 Å². The molecule has 0 spiro atoms. The highest BCUT2D eigenvalue weighted by atomic mass is 32.1. The van der Waals surface area contributed by atoms with Crippen LogP contribution in [0.2, 0.25) is 0 Å². The van der Waals surface area contributed by atoms with Gasteiger partial charge in [-0.3, -0.25) is 4.90 Å². The molecule has 0 unspecified atom stereocenters. The molecule has 104 valence electrons. The minimum absolute atomic E-state index is 0.343. The Morgan fingerprint density at radius 3 is 2.50 bits per heavy atom. The Hall–Kier alpha value is -0.590. The maximum Gasteiger partial charge on any atom is 0.401 e. The fourth-order valence-electron chi connectivity index (χ4n) is 1.87. The third-order valence-corrected chi connectivity index (χ3v) is 3.72. The maximum absolute atomic E-state index is 12.4. The number of nitrogens with two attached hydrogens (primary N) is 1. The molecule has 0 aliphatic heterocycles. The average molecular weight is 280 g/mol. The highest BCUT2D eigenvalue weighted by Gasteiger charge is 2.30. The number of rotatable bonds is 6. The van der Waals surface area contributed by atoms with Crippen LogP contribution in [0.1, 0.15) is 28.7 Å². The third kappa shape index (κ3) is 4.96. The fourth-order valence-corrected chi connectivity index (χ4v) is 2.80. The van der Waals surface area contributed by atoms with Crippen molar-refractivity contribution in [2.45, 2.75) is 39.5 Å². The molecule has 1 rings (SSSR count). The van der Waals surface area contributed by atoms with E-state index in [1.807, 2.05) is 19.9 Å². The zero-order chi connectivity index (χ0) is 13.8. The molecule has 0 atom stereocenters. The SMILES string of the molecule is CCCN(Cc1cc(CN)sc1C)CC(F)(F)F. The van der Waals surface area contributed by atoms with Gasteiger partial charge in [-0.25, -0.2) is 0 Å². The second-order valence-electron chi connectivity index (χ2n) is 4.32. The largest absolute Gasteiger partial charge is 0.401 e. The summed E-state index contributed by atoms with van der Waals surface area (Å²) in [5.41, 5.74) is 6.50. The van der Waals surface area contributed by atoms with E-state index < -0.39 is 12.7 Å². The molecule has 0 bridgehead atoms. The number of aryl methyl sites for hydroxylation is 1. The Labute approximate surface area is 110 Å². The topological polar surface area (TPSA) is 29.3 Å². The summed E-state index contributed by atoms with van der Waals surface area (Å²) in [5.74, 6) is 0. The Kier molecular flexibility index (Phi) is 5.62. The third-order valence-electron chi connectivity index (χ3n) is 2.61. The van der Waals surface area contributed by atoms with Crippen molar-refractivity contribution in [3.8, 4) is 0 Å². The minimum Gasteiger partial charge on any atom is -0.326 e. The monoisotopic (exact) mass is 280 g/mol. The minimum atomic E-state index is -4.14. The van der Waals surface area contributed by atoms with Crippen molar-refractivity contribution in [2.24, 2.45) is 5.73 Å². The van der Waals surface area contributed by atoms with Crippen molar-refractivity contribution in [3.63, 3.8) is 0 Å². The number of alkyl halides is 3. The van der Waals surface area contributed by atoms with Crippen LogP contribution in [0.15, 0.2) is 6.07 Å². The molecule has 0 saturated heterocycles. The van der Waals surface area contributed by atoms with Gasteiger partial charge in [0.05, 0.1) is 6.54 Å². The van der Waals surface area contributed by atoms with Gasteiger partial charge in [0.15, 0.2) is 0 Å². The van der Waals surface area contributed by atoms with Crippen LogP contribution < -0.4 is 5.73 Å². The van der Waals surface area contributed by atoms with Crippen LogP contribution in [-0.4, -0.2) is 24.2 Å². The number of hydrogen-bond donors (Lipinski definition) is 1. The van der Waals surface area contributed by atoms with Gasteiger partial charge in [0.25, 0.3) is 0 Å². The molecule has 0 radical (unpaired) electrons. The molecule has 0 aliphatic carbocycles. The molecule has 2 nitrogen and oxygen atoms in total. The lowest BCUT2D eigenvalue weighted by atomic mass is 10.2. The molecule has 0 amide bonds. The van der Waals surface area contributed by atoms with E-state index >= 15 is 0 Å². The summed E-state index contributed by atoms with van der Waals surface area (Å²) >= 11 is 1.56. The van der Waals surface area contributed by atoms with E-state index in [0.29, 0.717) is 26.1 Å². The second-order valence-corrected chi connectivity index (χ2v) is 5.66. The average Bonchev–Trinajstić information content (AvgIpc) is 2.58. The summed E-state index contributed by atoms with van der Waals surface area (Å²) in [5, 5.41) is 0. The first-order valence-corrected chi connectivity index (χ1v) is 6.74. The first kappa shape index (κ1) is 15.5. The number of hydrogen-bond acceptors (Lipinski definition) is 3. The highest BCUT2D eigenvalue weighted by Crippen LogP contribution is 2.24. The quantitative estimate of drug-likeness (QED) is 0.866. The number of thiophene rings is 1. The molecule has 1 aromatic rings. The van der Waals surface area contributed by atoms with Gasteiger partial charge in [-0.15, -0.1) is 11.3 Å². The molecule has 1 heterocycles. The molecule has 2 N–H and O–H groups in total. The predicted octanol–water partition coefficient (Wildman–Crippen LogP) is 3.29. The summed E-state index contributed by atoms with van der Waals surface area (Å²) < 4.78 is 37.3. The van der Waals surface area contributed by atoms with Crippen molar-refractivity contribution >= 4 is 11.3 Å². The highest BCUT2D eigenvalue weighted by molar-refractivity contribution is 7.12. The van der Waals surface area contributed by atoms with Crippen LogP contribution in [0, 0.1) is 6.92 Å². The Morgan fingerprint density at radius 2 is 2.06 bits per heavy atom. The number of nitrogens with zero attached hydrogens (tertiary/aromatic N) is 1. The van der Waals surface area contributed by atoms with E-state index in [1.54, 1.807) is 11.3 Å². The van der Waals surface area contributed by atoms with Gasteiger partial charge in [0.2, 0.25) is 0 Å². The first-order chi connectivity index (χ1) is 8.35. The van der Waals surface area contributed by atoms with Crippen molar-refractivity contribution in [3.05, 3.63) is 21.4 Å². The normalized spacial score (nSPS) is 12.4. The smallest absolute Gasteiger partial charge is 0.326 e. The van der Waals surface area contributed by atoms with Crippen molar-refractivity contribution in [1.82, 2.24) is 4.90 Å². The Morgan fingerprint density at radius 1 is 1.39 bits per heavy atom. The maximum atomic E-state index is 12.4. The molecule has 0 aromatic carbocycles. The zero-order valence-electron chi connectivity index (χ0n) is 10.7. The van der Waals surface area contributed by atoms with Crippen LogP contribution in [0.25, 0.3) is 0 Å². The first-order valence-electron chi connectivity index (χ1n) is 5.93. The van der Waals surface area contributed by atoms with E-state index in [0.717, 1.165) is 15.3 Å². The standard InChI is InChI=1S/C12H19F3N2S/c1-3-4-17(8-12(13,14)15)7-10-5-11(6-16)18-9(10)2/h5H,3-4,6-8,16H2,1-2H3. The lowest BCUT2D eigenvalue weighted by molar-refractivity contribution is -0.147. The molecule has 0 aliphatic rings. The lowest BCUT2D eigenvalue weighted by Gasteiger charge is -2.22. The summed E-state index contributed by atoms with van der Waals surface area (Å²) in [6, 6.07) is 1.92. The van der Waals surface area contributed by atoms with Crippen molar-refractivity contribution < 1.29 is 13.2 Å². The fraction of sp³-hybridized carbons (Fsp3) is 0.667. The van der Waals surface area contributed by atoms with Crippen molar-refractivity contribution in [2.75, 3.05) is 13.1 Å². The molecular formula is C12H19F3N2S. The summed E-state index contributed by atoms with van der Waals surface area (Å²) in [7, 11) is 0. The molecule has 0 fully saturated rings. The van der Waals surface area contributed by atoms with E-state index in [-0.39, 0.29) is 0 Å². The molecule has 1 aromatic heterocycles. The zero-order valence-corrected chi connectivity index (χ0v) is 11.5. The lowest BCUT2D eigenvalue weighted by Crippen LogP contribution is -2.34. The van der Waals surface area contributed by atoms with Gasteiger partial charge in [-0.05, 0) is 31.5 Å². The second kappa shape index (κ2) is 6.54. The van der Waals surface area contributed by atoms with Crippen LogP contribution in [0.3, 0.4) is 0 Å². The number of halogens is 3. The Bertz CT molecular complexity index is 374. The van der Waals surface area contributed by atoms with E-state index in [1.165, 1.54) is 4.90 Å². The van der Waals surface area contributed by atoms with Crippen LogP contribution in [-0.2, 0) is 13.1 Å². The van der Waals surface area contributed by atoms with Crippen LogP contribution in [0.4, 0.5) is 13.2 Å². The van der Waals surface area contributed by atoms with Gasteiger partial charge in [-0.1, -0.05) is 6.92 Å². The van der Waals surface area contributed by atoms with E-state index in [4.69, 9.17) is 5.73 Å². The van der Waals surface area contributed by atoms with Gasteiger partial charge in [-0.2, -0.15) is 13.2 Å². The van der Waals surface area contributed by atoms with Gasteiger partial charge in [0, 0.05) is 22.8 Å². The molecule has 6 heteroatoms. The summed E-state index contributed by atoms with van der Waals surface area (Å²) in [6.07, 6.45) is -3.43. The summed E-state index contributed by atoms with van der Waals surface area (Å²) in [6.45, 7) is 4.20. The van der Waals surface area contributed by atoms with Gasteiger partial charge in [0.1, 0.15) is 0 Å². The van der Waals surface area contributed by atoms with Crippen LogP contribution >= 0.6 is 11.3 Å². The van der Waals surface area contributed by atoms with Gasteiger partial charge < -0.3 is 5.73 Å². The van der Waals surface area contributed by atoms with Crippen molar-refractivity contribution in [1.29, 1.82) is 0 Å². The van der Waals surface area contributed by atoms with E-state index in [9.17, 15) is 13.2 Å².